The van der Waals surface area contributed by atoms with Crippen LogP contribution in [0.4, 0.5) is 4.39 Å². The van der Waals surface area contributed by atoms with Gasteiger partial charge in [-0.05, 0) is 46.1 Å². The Hall–Kier alpha value is -1.16. The maximum absolute atomic E-state index is 12.9. The Morgan fingerprint density at radius 3 is 2.29 bits per heavy atom. The van der Waals surface area contributed by atoms with Gasteiger partial charge in [-0.3, -0.25) is 4.68 Å². The van der Waals surface area contributed by atoms with E-state index in [0.29, 0.717) is 5.92 Å². The first-order chi connectivity index (χ1) is 8.00. The highest BCUT2D eigenvalue weighted by atomic mass is 79.9. The van der Waals surface area contributed by atoms with E-state index < -0.39 is 0 Å². The lowest BCUT2D eigenvalue weighted by molar-refractivity contribution is 0.628. The third-order valence-corrected chi connectivity index (χ3v) is 3.46. The zero-order valence-electron chi connectivity index (χ0n) is 10.0. The molecule has 0 fully saturated rings. The molecule has 0 N–H and O–H groups in total. The molecule has 90 valence electrons. The predicted molar refractivity (Wildman–Crippen MR) is 70.4 cm³/mol. The second-order valence-electron chi connectivity index (χ2n) is 4.33. The number of benzene rings is 1. The van der Waals surface area contributed by atoms with E-state index in [1.165, 1.54) is 12.1 Å². The molecule has 0 bridgehead atoms. The molecular formula is C13H14BrFN2. The van der Waals surface area contributed by atoms with E-state index in [0.717, 1.165) is 21.4 Å². The average molecular weight is 297 g/mol. The monoisotopic (exact) mass is 296 g/mol. The van der Waals surface area contributed by atoms with Crippen molar-refractivity contribution in [3.8, 4) is 11.3 Å². The Bertz CT molecular complexity index is 529. The standard InChI is InChI=1S/C13H14BrFN2/c1-8(2)12-11(14)13(17(3)16-12)9-4-6-10(15)7-5-9/h4-8H,1-3H3. The van der Waals surface area contributed by atoms with Crippen LogP contribution in [0.1, 0.15) is 25.5 Å². The number of hydrogen-bond acceptors (Lipinski definition) is 1. The summed E-state index contributed by atoms with van der Waals surface area (Å²) in [5.74, 6) is 0.126. The fourth-order valence-corrected chi connectivity index (χ4v) is 2.83. The normalized spacial score (nSPS) is 11.2. The minimum atomic E-state index is -0.226. The second kappa shape index (κ2) is 4.61. The van der Waals surface area contributed by atoms with Crippen LogP contribution >= 0.6 is 15.9 Å². The Morgan fingerprint density at radius 1 is 1.24 bits per heavy atom. The third kappa shape index (κ3) is 2.27. The van der Waals surface area contributed by atoms with E-state index in [1.807, 2.05) is 11.7 Å². The van der Waals surface area contributed by atoms with E-state index in [-0.39, 0.29) is 5.82 Å². The molecule has 0 saturated carbocycles. The number of rotatable bonds is 2. The van der Waals surface area contributed by atoms with E-state index in [2.05, 4.69) is 34.9 Å². The molecule has 0 aliphatic heterocycles. The minimum Gasteiger partial charge on any atom is -0.266 e. The molecule has 2 rings (SSSR count). The Balaban J connectivity index is 2.56. The van der Waals surface area contributed by atoms with E-state index in [4.69, 9.17) is 0 Å². The number of nitrogens with zero attached hydrogens (tertiary/aromatic N) is 2. The third-order valence-electron chi connectivity index (χ3n) is 2.68. The molecule has 0 amide bonds. The van der Waals surface area contributed by atoms with Gasteiger partial charge in [-0.1, -0.05) is 13.8 Å². The highest BCUT2D eigenvalue weighted by Crippen LogP contribution is 2.33. The maximum Gasteiger partial charge on any atom is 0.123 e. The van der Waals surface area contributed by atoms with Crippen LogP contribution in [0, 0.1) is 5.82 Å². The van der Waals surface area contributed by atoms with Gasteiger partial charge < -0.3 is 0 Å². The summed E-state index contributed by atoms with van der Waals surface area (Å²) in [6.45, 7) is 4.20. The van der Waals surface area contributed by atoms with Crippen molar-refractivity contribution < 1.29 is 4.39 Å². The summed E-state index contributed by atoms with van der Waals surface area (Å²) in [7, 11) is 1.90. The zero-order valence-corrected chi connectivity index (χ0v) is 11.6. The summed E-state index contributed by atoms with van der Waals surface area (Å²) in [4.78, 5) is 0. The van der Waals surface area contributed by atoms with Gasteiger partial charge in [0.05, 0.1) is 15.9 Å². The summed E-state index contributed by atoms with van der Waals surface area (Å²) in [5.41, 5.74) is 2.96. The lowest BCUT2D eigenvalue weighted by Crippen LogP contribution is -1.95. The summed E-state index contributed by atoms with van der Waals surface area (Å²) in [6.07, 6.45) is 0. The van der Waals surface area contributed by atoms with Crippen molar-refractivity contribution in [1.82, 2.24) is 9.78 Å². The van der Waals surface area contributed by atoms with Crippen molar-refractivity contribution in [2.75, 3.05) is 0 Å². The maximum atomic E-state index is 12.9. The Morgan fingerprint density at radius 2 is 1.82 bits per heavy atom. The van der Waals surface area contributed by atoms with E-state index >= 15 is 0 Å². The average Bonchev–Trinajstić information content (AvgIpc) is 2.56. The molecule has 0 unspecified atom stereocenters. The molecule has 0 aliphatic carbocycles. The van der Waals surface area contributed by atoms with Crippen LogP contribution in [0.2, 0.25) is 0 Å². The quantitative estimate of drug-likeness (QED) is 0.815. The number of aryl methyl sites for hydroxylation is 1. The second-order valence-corrected chi connectivity index (χ2v) is 5.13. The molecule has 0 atom stereocenters. The van der Waals surface area contributed by atoms with Gasteiger partial charge in [-0.2, -0.15) is 5.10 Å². The molecule has 2 nitrogen and oxygen atoms in total. The largest absolute Gasteiger partial charge is 0.266 e. The summed E-state index contributed by atoms with van der Waals surface area (Å²) in [5, 5.41) is 4.48. The molecular weight excluding hydrogens is 283 g/mol. The van der Waals surface area contributed by atoms with Crippen molar-refractivity contribution in [2.24, 2.45) is 7.05 Å². The molecule has 0 saturated heterocycles. The van der Waals surface area contributed by atoms with Crippen LogP contribution < -0.4 is 0 Å². The van der Waals surface area contributed by atoms with Gasteiger partial charge in [-0.15, -0.1) is 0 Å². The Kier molecular flexibility index (Phi) is 3.33. The molecule has 0 aliphatic rings. The van der Waals surface area contributed by atoms with Crippen LogP contribution in [0.25, 0.3) is 11.3 Å². The summed E-state index contributed by atoms with van der Waals surface area (Å²) >= 11 is 3.58. The zero-order chi connectivity index (χ0) is 12.6. The molecule has 0 radical (unpaired) electrons. The van der Waals surface area contributed by atoms with Crippen LogP contribution in [0.3, 0.4) is 0 Å². The van der Waals surface area contributed by atoms with Crippen LogP contribution in [-0.2, 0) is 7.05 Å². The van der Waals surface area contributed by atoms with Crippen molar-refractivity contribution in [3.63, 3.8) is 0 Å². The number of hydrogen-bond donors (Lipinski definition) is 0. The van der Waals surface area contributed by atoms with E-state index in [9.17, 15) is 4.39 Å². The first-order valence-corrected chi connectivity index (χ1v) is 6.28. The van der Waals surface area contributed by atoms with Gasteiger partial charge >= 0.3 is 0 Å². The van der Waals surface area contributed by atoms with Crippen molar-refractivity contribution >= 4 is 15.9 Å². The first-order valence-electron chi connectivity index (χ1n) is 5.49. The van der Waals surface area contributed by atoms with Crippen LogP contribution in [0.5, 0.6) is 0 Å². The van der Waals surface area contributed by atoms with Gasteiger partial charge in [-0.25, -0.2) is 4.39 Å². The molecule has 1 aromatic carbocycles. The molecule has 4 heteroatoms. The lowest BCUT2D eigenvalue weighted by Gasteiger charge is -2.03. The van der Waals surface area contributed by atoms with Gasteiger partial charge in [0.2, 0.25) is 0 Å². The van der Waals surface area contributed by atoms with Crippen molar-refractivity contribution in [1.29, 1.82) is 0 Å². The van der Waals surface area contributed by atoms with Gasteiger partial charge in [0.1, 0.15) is 5.82 Å². The Labute approximate surface area is 109 Å². The van der Waals surface area contributed by atoms with Crippen LogP contribution in [0.15, 0.2) is 28.7 Å². The van der Waals surface area contributed by atoms with Crippen molar-refractivity contribution in [3.05, 3.63) is 40.2 Å². The molecule has 17 heavy (non-hydrogen) atoms. The molecule has 0 spiro atoms. The van der Waals surface area contributed by atoms with Gasteiger partial charge in [0, 0.05) is 12.6 Å². The first kappa shape index (κ1) is 12.3. The highest BCUT2D eigenvalue weighted by Gasteiger charge is 2.17. The smallest absolute Gasteiger partial charge is 0.123 e. The SMILES string of the molecule is CC(C)c1nn(C)c(-c2ccc(F)cc2)c1Br. The van der Waals surface area contributed by atoms with Crippen LogP contribution in [-0.4, -0.2) is 9.78 Å². The topological polar surface area (TPSA) is 17.8 Å². The fourth-order valence-electron chi connectivity index (χ4n) is 1.81. The van der Waals surface area contributed by atoms with Gasteiger partial charge in [0.15, 0.2) is 0 Å². The van der Waals surface area contributed by atoms with Crippen molar-refractivity contribution in [2.45, 2.75) is 19.8 Å². The highest BCUT2D eigenvalue weighted by molar-refractivity contribution is 9.10. The minimum absolute atomic E-state index is 0.226. The molecule has 2 aromatic rings. The lowest BCUT2D eigenvalue weighted by atomic mass is 10.1. The molecule has 1 aromatic heterocycles. The fraction of sp³-hybridized carbons (Fsp3) is 0.308. The van der Waals surface area contributed by atoms with Gasteiger partial charge in [0.25, 0.3) is 0 Å². The summed E-state index contributed by atoms with van der Waals surface area (Å²) < 4.78 is 15.7. The predicted octanol–water partition coefficient (Wildman–Crippen LogP) is 4.11. The molecule has 1 heterocycles. The van der Waals surface area contributed by atoms with E-state index in [1.54, 1.807) is 12.1 Å². The summed E-state index contributed by atoms with van der Waals surface area (Å²) in [6, 6.07) is 6.45. The number of halogens is 2. The number of aromatic nitrogens is 2.